The molecule has 5 heteroatoms. The Morgan fingerprint density at radius 1 is 1.17 bits per heavy atom. The average Bonchev–Trinajstić information content (AvgIpc) is 2.26. The predicted octanol–water partition coefficient (Wildman–Crippen LogP) is 2.25. The molecule has 2 nitrogen and oxygen atoms in total. The fourth-order valence-electron chi connectivity index (χ4n) is 1.88. The highest BCUT2D eigenvalue weighted by Gasteiger charge is 2.31. The van der Waals surface area contributed by atoms with Crippen LogP contribution in [0.4, 0.5) is 0 Å². The van der Waals surface area contributed by atoms with Crippen molar-refractivity contribution in [3.8, 4) is 5.75 Å². The topological polar surface area (TPSA) is 18.5 Å². The van der Waals surface area contributed by atoms with E-state index in [2.05, 4.69) is 51.4 Å². The van der Waals surface area contributed by atoms with Crippen molar-refractivity contribution in [1.29, 1.82) is 0 Å². The largest absolute Gasteiger partial charge is 0.544 e. The Morgan fingerprint density at radius 3 is 2.22 bits per heavy atom. The zero-order chi connectivity index (χ0) is 14.0. The van der Waals surface area contributed by atoms with Crippen LogP contribution in [0.1, 0.15) is 5.56 Å². The van der Waals surface area contributed by atoms with E-state index < -0.39 is 16.6 Å². The molecule has 0 spiro atoms. The third-order valence-electron chi connectivity index (χ3n) is 2.81. The van der Waals surface area contributed by atoms with E-state index in [9.17, 15) is 0 Å². The lowest BCUT2D eigenvalue weighted by Gasteiger charge is -2.29. The van der Waals surface area contributed by atoms with Crippen LogP contribution < -0.4 is 9.61 Å². The second-order valence-corrected chi connectivity index (χ2v) is 15.4. The molecule has 0 aromatic heterocycles. The van der Waals surface area contributed by atoms with E-state index in [0.29, 0.717) is 0 Å². The minimum absolute atomic E-state index is 0.756. The molecule has 0 heterocycles. The summed E-state index contributed by atoms with van der Waals surface area (Å²) in [5.41, 5.74) is 1.15. The van der Waals surface area contributed by atoms with Gasteiger partial charge >= 0.3 is 0 Å². The van der Waals surface area contributed by atoms with Crippen LogP contribution in [-0.2, 0) is 4.12 Å². The van der Waals surface area contributed by atoms with Gasteiger partial charge in [0, 0.05) is 5.19 Å². The first kappa shape index (κ1) is 15.4. The van der Waals surface area contributed by atoms with E-state index >= 15 is 0 Å². The van der Waals surface area contributed by atoms with Gasteiger partial charge in [0.1, 0.15) is 16.2 Å². The van der Waals surface area contributed by atoms with Crippen LogP contribution in [0.25, 0.3) is 6.08 Å². The highest BCUT2D eigenvalue weighted by Crippen LogP contribution is 2.21. The SMILES string of the molecule is C=Cc1cccc(O[Si](C)(C)C)c1[Si](C)(C)O[SiH3]. The predicted molar refractivity (Wildman–Crippen MR) is 88.6 cm³/mol. The van der Waals surface area contributed by atoms with Crippen molar-refractivity contribution in [2.45, 2.75) is 32.7 Å². The minimum atomic E-state index is -1.88. The van der Waals surface area contributed by atoms with Gasteiger partial charge in [-0.15, -0.1) is 0 Å². The Bertz CT molecular complexity index is 436. The van der Waals surface area contributed by atoms with Gasteiger partial charge in [0.05, 0.1) is 0 Å². The third kappa shape index (κ3) is 3.68. The summed E-state index contributed by atoms with van der Waals surface area (Å²) in [5.74, 6) is 0.999. The molecule has 100 valence electrons. The van der Waals surface area contributed by atoms with Crippen molar-refractivity contribution in [2.24, 2.45) is 0 Å². The van der Waals surface area contributed by atoms with Gasteiger partial charge in [-0.3, -0.25) is 0 Å². The van der Waals surface area contributed by atoms with Crippen LogP contribution in [0.5, 0.6) is 5.75 Å². The van der Waals surface area contributed by atoms with E-state index in [-0.39, 0.29) is 0 Å². The van der Waals surface area contributed by atoms with Crippen molar-refractivity contribution in [3.63, 3.8) is 0 Å². The van der Waals surface area contributed by atoms with Crippen molar-refractivity contribution in [1.82, 2.24) is 0 Å². The molecule has 18 heavy (non-hydrogen) atoms. The molecule has 0 bridgehead atoms. The Kier molecular flexibility index (Phi) is 4.77. The van der Waals surface area contributed by atoms with Crippen molar-refractivity contribution >= 4 is 38.4 Å². The quantitative estimate of drug-likeness (QED) is 0.776. The van der Waals surface area contributed by atoms with Crippen LogP contribution in [0, 0.1) is 0 Å². The lowest BCUT2D eigenvalue weighted by atomic mass is 10.2. The van der Waals surface area contributed by atoms with Gasteiger partial charge in [-0.2, -0.15) is 0 Å². The lowest BCUT2D eigenvalue weighted by molar-refractivity contribution is 0.557. The molecule has 0 N–H and O–H groups in total. The summed E-state index contributed by atoms with van der Waals surface area (Å²) in [6.07, 6.45) is 1.90. The van der Waals surface area contributed by atoms with Crippen LogP contribution in [0.3, 0.4) is 0 Å². The first-order valence-electron chi connectivity index (χ1n) is 6.21. The Morgan fingerprint density at radius 2 is 1.78 bits per heavy atom. The van der Waals surface area contributed by atoms with E-state index in [0.717, 1.165) is 21.8 Å². The smallest absolute Gasteiger partial charge is 0.242 e. The van der Waals surface area contributed by atoms with Gasteiger partial charge in [0.2, 0.25) is 16.6 Å². The standard InChI is InChI=1S/C13H24O2Si3/c1-7-11-9-8-10-12(14-17(2,3)4)13(11)18(5,6)15-16/h7-10H,1H2,2-6,16H3. The second-order valence-electron chi connectivity index (χ2n) is 5.85. The number of hydrogen-bond acceptors (Lipinski definition) is 2. The van der Waals surface area contributed by atoms with Crippen LogP contribution >= 0.6 is 0 Å². The zero-order valence-corrected chi connectivity index (χ0v) is 16.3. The molecule has 0 atom stereocenters. The van der Waals surface area contributed by atoms with E-state index in [1.165, 1.54) is 5.19 Å². The highest BCUT2D eigenvalue weighted by molar-refractivity contribution is 6.87. The molecule has 0 amide bonds. The van der Waals surface area contributed by atoms with Crippen molar-refractivity contribution in [3.05, 3.63) is 30.3 Å². The molecule has 0 saturated carbocycles. The zero-order valence-electron chi connectivity index (χ0n) is 12.3. The minimum Gasteiger partial charge on any atom is -0.544 e. The monoisotopic (exact) mass is 296 g/mol. The van der Waals surface area contributed by atoms with Gasteiger partial charge in [-0.1, -0.05) is 24.8 Å². The second kappa shape index (κ2) is 5.56. The first-order chi connectivity index (χ1) is 8.21. The molecule has 0 aliphatic heterocycles. The van der Waals surface area contributed by atoms with E-state index in [4.69, 9.17) is 8.54 Å². The van der Waals surface area contributed by atoms with Crippen LogP contribution in [0.15, 0.2) is 24.8 Å². The van der Waals surface area contributed by atoms with E-state index in [1.54, 1.807) is 0 Å². The van der Waals surface area contributed by atoms with Crippen LogP contribution in [0.2, 0.25) is 32.7 Å². The summed E-state index contributed by atoms with van der Waals surface area (Å²) in [5, 5.41) is 1.25. The summed E-state index contributed by atoms with van der Waals surface area (Å²) < 4.78 is 12.1. The maximum atomic E-state index is 6.22. The highest BCUT2D eigenvalue weighted by atomic mass is 28.4. The normalized spacial score (nSPS) is 12.5. The molecular weight excluding hydrogens is 272 g/mol. The third-order valence-corrected chi connectivity index (χ3v) is 9.46. The molecule has 0 radical (unpaired) electrons. The molecule has 1 aromatic carbocycles. The summed E-state index contributed by atoms with van der Waals surface area (Å²) in [6, 6.07) is 6.19. The van der Waals surface area contributed by atoms with Gasteiger partial charge in [-0.25, -0.2) is 0 Å². The molecule has 1 aromatic rings. The molecule has 0 unspecified atom stereocenters. The maximum absolute atomic E-state index is 6.22. The van der Waals surface area contributed by atoms with Crippen molar-refractivity contribution in [2.75, 3.05) is 0 Å². The van der Waals surface area contributed by atoms with Gasteiger partial charge in [0.15, 0.2) is 0 Å². The molecule has 0 aliphatic carbocycles. The van der Waals surface area contributed by atoms with E-state index in [1.807, 2.05) is 12.1 Å². The van der Waals surface area contributed by atoms with Gasteiger partial charge in [0.25, 0.3) is 0 Å². The summed E-state index contributed by atoms with van der Waals surface area (Å²) in [7, 11) is -2.73. The molecule has 0 fully saturated rings. The van der Waals surface area contributed by atoms with Gasteiger partial charge < -0.3 is 8.54 Å². The average molecular weight is 297 g/mol. The Hall–Kier alpha value is -0.629. The number of hydrogen-bond donors (Lipinski definition) is 0. The Labute approximate surface area is 116 Å². The fraction of sp³-hybridized carbons (Fsp3) is 0.385. The van der Waals surface area contributed by atoms with Gasteiger partial charge in [-0.05, 0) is 44.4 Å². The summed E-state index contributed by atoms with van der Waals surface area (Å²) in [4.78, 5) is 0. The molecule has 1 rings (SSSR count). The lowest BCUT2D eigenvalue weighted by Crippen LogP contribution is -2.47. The maximum Gasteiger partial charge on any atom is 0.242 e. The number of rotatable bonds is 5. The summed E-state index contributed by atoms with van der Waals surface area (Å²) in [6.45, 7) is 15.0. The summed E-state index contributed by atoms with van der Waals surface area (Å²) >= 11 is 0. The first-order valence-corrected chi connectivity index (χ1v) is 13.3. The number of benzene rings is 1. The molecule has 0 aliphatic rings. The molecule has 0 saturated heterocycles. The Balaban J connectivity index is 3.39. The van der Waals surface area contributed by atoms with Crippen molar-refractivity contribution < 1.29 is 8.54 Å². The van der Waals surface area contributed by atoms with Crippen LogP contribution in [-0.4, -0.2) is 27.1 Å². The fourth-order valence-corrected chi connectivity index (χ4v) is 5.24. The molecular formula is C13H24O2Si3.